The zero-order valence-electron chi connectivity index (χ0n) is 46.2. The molecule has 0 aliphatic rings. The molecule has 0 saturated carbocycles. The van der Waals surface area contributed by atoms with Gasteiger partial charge in [0.25, 0.3) is 0 Å². The minimum absolute atomic E-state index is 0.135. The van der Waals surface area contributed by atoms with Gasteiger partial charge >= 0.3 is 0 Å². The summed E-state index contributed by atoms with van der Waals surface area (Å²) >= 11 is 0. The Labute approximate surface area is 470 Å². The molecule has 0 unspecified atom stereocenters. The first-order valence-electron chi connectivity index (χ1n) is 28.1. The number of benzene rings is 12. The second-order valence-electron chi connectivity index (χ2n) is 23.6. The maximum Gasteiger partial charge on any atom is 0.159 e. The van der Waals surface area contributed by atoms with Crippen molar-refractivity contribution in [3.05, 3.63) is 254 Å². The standard InChI is InChI=1S/C76H58N2O3/c1-75(2,3)62-39-19-35-57-59-37-21-41-64(73(59)80-71(57)62)77(51-29-17-27-49(43-51)47-23-9-7-10-24-47)66-45-61-69-55-33-15-13-31-53(55)67(46-68(69)79-70(61)56-34-16-14-32-54(56)66)78(52-30-18-28-50(44-52)48-25-11-8-12-26-48)65-42-22-38-60-58-36-20-40-63(76(4,5)6)72(58)81-74(60)65/h7-46H,1-6H3. The summed E-state index contributed by atoms with van der Waals surface area (Å²) in [5.74, 6) is 0. The molecular weight excluding hydrogens is 989 g/mol. The number of fused-ring (bicyclic) bond motifs is 13. The number of furan rings is 3. The van der Waals surface area contributed by atoms with Gasteiger partial charge in [-0.3, -0.25) is 0 Å². The van der Waals surface area contributed by atoms with E-state index in [9.17, 15) is 0 Å². The highest BCUT2D eigenvalue weighted by Gasteiger charge is 2.30. The van der Waals surface area contributed by atoms with Crippen molar-refractivity contribution in [2.24, 2.45) is 0 Å². The summed E-state index contributed by atoms with van der Waals surface area (Å²) in [5, 5.41) is 10.6. The molecule has 0 amide bonds. The summed E-state index contributed by atoms with van der Waals surface area (Å²) in [6, 6.07) is 87.3. The Bertz CT molecular complexity index is 4970. The number of nitrogens with zero attached hydrogens (tertiary/aromatic N) is 2. The van der Waals surface area contributed by atoms with Crippen LogP contribution in [0.25, 0.3) is 110 Å². The smallest absolute Gasteiger partial charge is 0.159 e. The van der Waals surface area contributed by atoms with Crippen LogP contribution in [0.3, 0.4) is 0 Å². The molecule has 81 heavy (non-hydrogen) atoms. The Morgan fingerprint density at radius 3 is 1.12 bits per heavy atom. The van der Waals surface area contributed by atoms with Crippen molar-refractivity contribution in [3.8, 4) is 22.3 Å². The van der Waals surface area contributed by atoms with E-state index in [0.717, 1.165) is 144 Å². The van der Waals surface area contributed by atoms with Gasteiger partial charge in [-0.15, -0.1) is 0 Å². The molecule has 12 aromatic carbocycles. The lowest BCUT2D eigenvalue weighted by atomic mass is 9.86. The first-order valence-corrected chi connectivity index (χ1v) is 28.1. The van der Waals surface area contributed by atoms with Gasteiger partial charge in [-0.05, 0) is 80.9 Å². The van der Waals surface area contributed by atoms with Crippen LogP contribution in [0.1, 0.15) is 52.7 Å². The fourth-order valence-electron chi connectivity index (χ4n) is 12.7. The average Bonchev–Trinajstić information content (AvgIpc) is 4.17. The van der Waals surface area contributed by atoms with Gasteiger partial charge in [0.05, 0.1) is 22.7 Å². The summed E-state index contributed by atoms with van der Waals surface area (Å²) in [7, 11) is 0. The molecule has 390 valence electrons. The molecule has 0 radical (unpaired) electrons. The van der Waals surface area contributed by atoms with Crippen LogP contribution in [0.4, 0.5) is 34.1 Å². The lowest BCUT2D eigenvalue weighted by molar-refractivity contribution is 0.572. The average molecular weight is 1050 g/mol. The van der Waals surface area contributed by atoms with E-state index in [1.54, 1.807) is 0 Å². The molecule has 3 heterocycles. The van der Waals surface area contributed by atoms with E-state index in [0.29, 0.717) is 0 Å². The molecule has 0 aliphatic heterocycles. The Morgan fingerprint density at radius 2 is 0.630 bits per heavy atom. The molecule has 5 nitrogen and oxygen atoms in total. The third-order valence-electron chi connectivity index (χ3n) is 16.5. The van der Waals surface area contributed by atoms with Gasteiger partial charge in [-0.2, -0.15) is 0 Å². The van der Waals surface area contributed by atoms with Crippen LogP contribution in [0.2, 0.25) is 0 Å². The molecule has 0 spiro atoms. The minimum atomic E-state index is -0.135. The molecule has 0 aliphatic carbocycles. The van der Waals surface area contributed by atoms with Crippen LogP contribution >= 0.6 is 0 Å². The maximum atomic E-state index is 7.41. The van der Waals surface area contributed by atoms with Crippen LogP contribution in [0.5, 0.6) is 0 Å². The van der Waals surface area contributed by atoms with Crippen LogP contribution in [-0.2, 0) is 10.8 Å². The third kappa shape index (κ3) is 7.82. The Balaban J connectivity index is 1.02. The zero-order valence-corrected chi connectivity index (χ0v) is 46.2. The zero-order chi connectivity index (χ0) is 54.7. The van der Waals surface area contributed by atoms with Crippen LogP contribution in [0, 0.1) is 0 Å². The number of anilines is 6. The minimum Gasteiger partial charge on any atom is -0.455 e. The van der Waals surface area contributed by atoms with Crippen molar-refractivity contribution in [2.75, 3.05) is 9.80 Å². The van der Waals surface area contributed by atoms with Gasteiger partial charge in [-0.25, -0.2) is 0 Å². The summed E-state index contributed by atoms with van der Waals surface area (Å²) in [5.41, 5.74) is 17.6. The van der Waals surface area contributed by atoms with Crippen LogP contribution in [-0.4, -0.2) is 0 Å². The maximum absolute atomic E-state index is 7.41. The number of para-hydroxylation sites is 4. The van der Waals surface area contributed by atoms with Gasteiger partial charge in [0.1, 0.15) is 22.3 Å². The molecule has 0 saturated heterocycles. The molecule has 5 heteroatoms. The van der Waals surface area contributed by atoms with Crippen molar-refractivity contribution in [1.29, 1.82) is 0 Å². The van der Waals surface area contributed by atoms with Gasteiger partial charge in [0, 0.05) is 77.0 Å². The van der Waals surface area contributed by atoms with Crippen LogP contribution < -0.4 is 9.80 Å². The van der Waals surface area contributed by atoms with Crippen molar-refractivity contribution in [1.82, 2.24) is 0 Å². The third-order valence-corrected chi connectivity index (χ3v) is 16.5. The van der Waals surface area contributed by atoms with Crippen molar-refractivity contribution < 1.29 is 13.3 Å². The van der Waals surface area contributed by atoms with E-state index < -0.39 is 0 Å². The Kier molecular flexibility index (Phi) is 11.0. The highest BCUT2D eigenvalue weighted by Crippen LogP contribution is 2.52. The van der Waals surface area contributed by atoms with Gasteiger partial charge in [-0.1, -0.05) is 236 Å². The predicted molar refractivity (Wildman–Crippen MR) is 341 cm³/mol. The highest BCUT2D eigenvalue weighted by atomic mass is 16.3. The molecule has 3 aromatic heterocycles. The summed E-state index contributed by atoms with van der Waals surface area (Å²) in [4.78, 5) is 4.79. The topological polar surface area (TPSA) is 45.9 Å². The summed E-state index contributed by atoms with van der Waals surface area (Å²) < 4.78 is 21.8. The Morgan fingerprint density at radius 1 is 0.259 bits per heavy atom. The lowest BCUT2D eigenvalue weighted by Gasteiger charge is -2.28. The van der Waals surface area contributed by atoms with E-state index >= 15 is 0 Å². The normalized spacial score (nSPS) is 12.3. The molecule has 15 aromatic rings. The van der Waals surface area contributed by atoms with Crippen LogP contribution in [0.15, 0.2) is 256 Å². The van der Waals surface area contributed by atoms with Gasteiger partial charge in [0.15, 0.2) is 11.2 Å². The molecule has 0 fully saturated rings. The fraction of sp³-hybridized carbons (Fsp3) is 0.105. The van der Waals surface area contributed by atoms with E-state index in [2.05, 4.69) is 294 Å². The first kappa shape index (κ1) is 48.3. The molecular formula is C76H58N2O3. The van der Waals surface area contributed by atoms with E-state index in [4.69, 9.17) is 13.3 Å². The molecule has 0 N–H and O–H groups in total. The molecule has 0 bridgehead atoms. The lowest BCUT2D eigenvalue weighted by Crippen LogP contribution is -2.11. The molecule has 15 rings (SSSR count). The fourth-order valence-corrected chi connectivity index (χ4v) is 12.7. The van der Waals surface area contributed by atoms with E-state index in [-0.39, 0.29) is 10.8 Å². The Hall–Kier alpha value is -9.84. The van der Waals surface area contributed by atoms with E-state index in [1.165, 1.54) is 11.1 Å². The quantitative estimate of drug-likeness (QED) is 0.152. The largest absolute Gasteiger partial charge is 0.455 e. The van der Waals surface area contributed by atoms with Crippen molar-refractivity contribution in [3.63, 3.8) is 0 Å². The number of rotatable bonds is 8. The summed E-state index contributed by atoms with van der Waals surface area (Å²) in [6.07, 6.45) is 0. The first-order chi connectivity index (χ1) is 39.5. The second-order valence-corrected chi connectivity index (χ2v) is 23.6. The van der Waals surface area contributed by atoms with E-state index in [1.807, 2.05) is 0 Å². The number of hydrogen-bond donors (Lipinski definition) is 0. The van der Waals surface area contributed by atoms with Crippen molar-refractivity contribution >= 4 is 121 Å². The van der Waals surface area contributed by atoms with Gasteiger partial charge < -0.3 is 23.1 Å². The predicted octanol–water partition coefficient (Wildman–Crippen LogP) is 22.6. The van der Waals surface area contributed by atoms with Gasteiger partial charge in [0.2, 0.25) is 0 Å². The summed E-state index contributed by atoms with van der Waals surface area (Å²) in [6.45, 7) is 13.5. The number of hydrogen-bond acceptors (Lipinski definition) is 5. The second kappa shape index (κ2) is 18.4. The monoisotopic (exact) mass is 1050 g/mol. The molecule has 0 atom stereocenters. The SMILES string of the molecule is CC(C)(C)c1cccc2c1oc1c(N(c3cccc(-c4ccccc4)c3)c3cc4c(oc5cc(N(c6cccc(-c7ccccc7)c6)c6cccc7c6oc6c(C(C)(C)C)cccc67)c6ccccc6c54)c4ccccc34)cccc12. The van der Waals surface area contributed by atoms with Crippen molar-refractivity contribution in [2.45, 2.75) is 52.4 Å². The highest BCUT2D eigenvalue weighted by molar-refractivity contribution is 6.28.